The van der Waals surface area contributed by atoms with Gasteiger partial charge in [-0.25, -0.2) is 0 Å². The van der Waals surface area contributed by atoms with Crippen LogP contribution in [0.5, 0.6) is 0 Å². The number of rotatable bonds is 4. The molecule has 18 heavy (non-hydrogen) atoms. The molecule has 0 spiro atoms. The first-order valence-corrected chi connectivity index (χ1v) is 6.19. The van der Waals surface area contributed by atoms with E-state index in [0.29, 0.717) is 0 Å². The lowest BCUT2D eigenvalue weighted by molar-refractivity contribution is 0.355. The lowest BCUT2D eigenvalue weighted by Gasteiger charge is -2.18. The predicted octanol–water partition coefficient (Wildman–Crippen LogP) is 2.32. The Balaban J connectivity index is 1.86. The summed E-state index contributed by atoms with van der Waals surface area (Å²) in [5.74, 6) is 0. The van der Waals surface area contributed by atoms with Crippen LogP contribution in [0.15, 0.2) is 36.9 Å². The quantitative estimate of drug-likeness (QED) is 0.897. The van der Waals surface area contributed by atoms with Gasteiger partial charge in [-0.1, -0.05) is 0 Å². The predicted molar refractivity (Wildman–Crippen MR) is 72.0 cm³/mol. The minimum absolute atomic E-state index is 0.0450. The van der Waals surface area contributed by atoms with Crippen LogP contribution in [0.3, 0.4) is 0 Å². The normalized spacial score (nSPS) is 11.7. The summed E-state index contributed by atoms with van der Waals surface area (Å²) in [6.07, 6.45) is 7.65. The van der Waals surface area contributed by atoms with Crippen molar-refractivity contribution in [2.24, 2.45) is 0 Å². The van der Waals surface area contributed by atoms with Gasteiger partial charge in [0.05, 0.1) is 11.7 Å². The smallest absolute Gasteiger partial charge is 0.0543 e. The highest BCUT2D eigenvalue weighted by Gasteiger charge is 2.13. The third kappa shape index (κ3) is 3.40. The Bertz CT molecular complexity index is 482. The number of nitrogens with zero attached hydrogens (tertiary/aromatic N) is 3. The third-order valence-corrected chi connectivity index (χ3v) is 2.73. The molecule has 0 saturated carbocycles. The van der Waals surface area contributed by atoms with Crippen molar-refractivity contribution in [3.05, 3.63) is 48.0 Å². The lowest BCUT2D eigenvalue weighted by Crippen LogP contribution is -2.22. The van der Waals surface area contributed by atoms with Crippen LogP contribution in [-0.4, -0.2) is 14.8 Å². The van der Waals surface area contributed by atoms with Gasteiger partial charge in [-0.05, 0) is 38.5 Å². The van der Waals surface area contributed by atoms with Crippen molar-refractivity contribution in [3.63, 3.8) is 0 Å². The summed E-state index contributed by atoms with van der Waals surface area (Å²) in [5.41, 5.74) is 2.50. The SMILES string of the molecule is CC(C)(C)n1cc(CNCc2ccncc2)cn1. The van der Waals surface area contributed by atoms with E-state index in [-0.39, 0.29) is 5.54 Å². The maximum atomic E-state index is 4.38. The van der Waals surface area contributed by atoms with Gasteiger partial charge in [-0.2, -0.15) is 5.10 Å². The molecular weight excluding hydrogens is 224 g/mol. The van der Waals surface area contributed by atoms with Crippen molar-refractivity contribution in [2.45, 2.75) is 39.4 Å². The van der Waals surface area contributed by atoms with Crippen molar-refractivity contribution >= 4 is 0 Å². The number of pyridine rings is 1. The average molecular weight is 244 g/mol. The molecule has 0 aliphatic heterocycles. The molecule has 0 unspecified atom stereocenters. The minimum atomic E-state index is 0.0450. The fourth-order valence-corrected chi connectivity index (χ4v) is 1.67. The van der Waals surface area contributed by atoms with Gasteiger partial charge in [0, 0.05) is 37.2 Å². The van der Waals surface area contributed by atoms with Gasteiger partial charge in [-0.3, -0.25) is 9.67 Å². The Morgan fingerprint density at radius 1 is 1.11 bits per heavy atom. The van der Waals surface area contributed by atoms with Crippen LogP contribution in [0.25, 0.3) is 0 Å². The number of hydrogen-bond acceptors (Lipinski definition) is 3. The van der Waals surface area contributed by atoms with Crippen LogP contribution in [0.4, 0.5) is 0 Å². The molecule has 2 rings (SSSR count). The van der Waals surface area contributed by atoms with Crippen LogP contribution in [0.1, 0.15) is 31.9 Å². The Hall–Kier alpha value is -1.68. The van der Waals surface area contributed by atoms with Crippen LogP contribution in [-0.2, 0) is 18.6 Å². The Morgan fingerprint density at radius 3 is 2.39 bits per heavy atom. The molecule has 1 N–H and O–H groups in total. The zero-order chi connectivity index (χ0) is 13.0. The molecule has 2 aromatic rings. The van der Waals surface area contributed by atoms with E-state index in [1.165, 1.54) is 11.1 Å². The second kappa shape index (κ2) is 5.31. The molecule has 0 aliphatic carbocycles. The Labute approximate surface area is 108 Å². The molecule has 0 saturated heterocycles. The molecular formula is C14H20N4. The van der Waals surface area contributed by atoms with Crippen LogP contribution in [0, 0.1) is 0 Å². The summed E-state index contributed by atoms with van der Waals surface area (Å²) in [7, 11) is 0. The van der Waals surface area contributed by atoms with Gasteiger partial charge in [0.15, 0.2) is 0 Å². The van der Waals surface area contributed by atoms with E-state index in [2.05, 4.69) is 42.4 Å². The number of nitrogens with one attached hydrogen (secondary N) is 1. The van der Waals surface area contributed by atoms with E-state index >= 15 is 0 Å². The van der Waals surface area contributed by atoms with Crippen molar-refractivity contribution < 1.29 is 0 Å². The maximum absolute atomic E-state index is 4.38. The first-order chi connectivity index (χ1) is 8.55. The molecule has 0 fully saturated rings. The van der Waals surface area contributed by atoms with Crippen LogP contribution in [0.2, 0.25) is 0 Å². The molecule has 96 valence electrons. The van der Waals surface area contributed by atoms with E-state index in [0.717, 1.165) is 13.1 Å². The van der Waals surface area contributed by atoms with Crippen molar-refractivity contribution in [1.29, 1.82) is 0 Å². The molecule has 0 amide bonds. The maximum Gasteiger partial charge on any atom is 0.0543 e. The molecule has 4 nitrogen and oxygen atoms in total. The van der Waals surface area contributed by atoms with Crippen LogP contribution >= 0.6 is 0 Å². The summed E-state index contributed by atoms with van der Waals surface area (Å²) in [6.45, 7) is 8.12. The highest BCUT2D eigenvalue weighted by molar-refractivity contribution is 5.10. The summed E-state index contributed by atoms with van der Waals surface area (Å²) in [5, 5.41) is 7.78. The molecule has 2 heterocycles. The molecule has 4 heteroatoms. The van der Waals surface area contributed by atoms with Crippen molar-refractivity contribution in [1.82, 2.24) is 20.1 Å². The van der Waals surface area contributed by atoms with Gasteiger partial charge >= 0.3 is 0 Å². The molecule has 0 aromatic carbocycles. The summed E-state index contributed by atoms with van der Waals surface area (Å²) in [4.78, 5) is 4.00. The number of hydrogen-bond donors (Lipinski definition) is 1. The topological polar surface area (TPSA) is 42.7 Å². The number of aromatic nitrogens is 3. The third-order valence-electron chi connectivity index (χ3n) is 2.73. The average Bonchev–Trinajstić information content (AvgIpc) is 2.79. The zero-order valence-corrected chi connectivity index (χ0v) is 11.2. The Morgan fingerprint density at radius 2 is 1.78 bits per heavy atom. The van der Waals surface area contributed by atoms with E-state index < -0.39 is 0 Å². The van der Waals surface area contributed by atoms with E-state index in [9.17, 15) is 0 Å². The van der Waals surface area contributed by atoms with Crippen molar-refractivity contribution in [3.8, 4) is 0 Å². The molecule has 0 radical (unpaired) electrons. The van der Waals surface area contributed by atoms with E-state index in [4.69, 9.17) is 0 Å². The van der Waals surface area contributed by atoms with Gasteiger partial charge < -0.3 is 5.32 Å². The molecule has 0 atom stereocenters. The summed E-state index contributed by atoms with van der Waals surface area (Å²) >= 11 is 0. The lowest BCUT2D eigenvalue weighted by atomic mass is 10.1. The van der Waals surface area contributed by atoms with Gasteiger partial charge in [0.2, 0.25) is 0 Å². The molecule has 0 aliphatic rings. The first-order valence-electron chi connectivity index (χ1n) is 6.19. The summed E-state index contributed by atoms with van der Waals surface area (Å²) < 4.78 is 2.00. The minimum Gasteiger partial charge on any atom is -0.309 e. The fourth-order valence-electron chi connectivity index (χ4n) is 1.67. The van der Waals surface area contributed by atoms with Gasteiger partial charge in [-0.15, -0.1) is 0 Å². The largest absolute Gasteiger partial charge is 0.309 e. The fraction of sp³-hybridized carbons (Fsp3) is 0.429. The molecule has 2 aromatic heterocycles. The van der Waals surface area contributed by atoms with Crippen molar-refractivity contribution in [2.75, 3.05) is 0 Å². The first kappa shape index (κ1) is 12.8. The summed E-state index contributed by atoms with van der Waals surface area (Å²) in [6, 6.07) is 4.04. The van der Waals surface area contributed by atoms with Crippen LogP contribution < -0.4 is 5.32 Å². The van der Waals surface area contributed by atoms with Gasteiger partial charge in [0.25, 0.3) is 0 Å². The Kier molecular flexibility index (Phi) is 3.77. The highest BCUT2D eigenvalue weighted by Crippen LogP contribution is 2.13. The second-order valence-corrected chi connectivity index (χ2v) is 5.42. The highest BCUT2D eigenvalue weighted by atomic mass is 15.3. The monoisotopic (exact) mass is 244 g/mol. The van der Waals surface area contributed by atoms with E-state index in [1.54, 1.807) is 0 Å². The van der Waals surface area contributed by atoms with Gasteiger partial charge in [0.1, 0.15) is 0 Å². The second-order valence-electron chi connectivity index (χ2n) is 5.42. The standard InChI is InChI=1S/C14H20N4/c1-14(2,3)18-11-13(10-17-18)9-16-8-12-4-6-15-7-5-12/h4-7,10-11,16H,8-9H2,1-3H3. The van der Waals surface area contributed by atoms with E-state index in [1.807, 2.05) is 35.4 Å². The zero-order valence-electron chi connectivity index (χ0n) is 11.2. The molecule has 0 bridgehead atoms.